The average molecular weight is 386 g/mol. The Morgan fingerprint density at radius 1 is 1.14 bits per heavy atom. The molecule has 0 unspecified atom stereocenters. The molecule has 6 nitrogen and oxygen atoms in total. The molecule has 1 aliphatic carbocycles. The van der Waals surface area contributed by atoms with Crippen molar-refractivity contribution in [3.63, 3.8) is 0 Å². The Bertz CT molecular complexity index is 718. The molecule has 6 heteroatoms. The summed E-state index contributed by atoms with van der Waals surface area (Å²) < 4.78 is 6.00. The number of fused-ring (bicyclic) bond motifs is 1. The molecular formula is C22H30N2O4. The van der Waals surface area contributed by atoms with Gasteiger partial charge in [0.05, 0.1) is 25.2 Å². The fourth-order valence-corrected chi connectivity index (χ4v) is 4.45. The normalized spacial score (nSPS) is 27.6. The van der Waals surface area contributed by atoms with Crippen molar-refractivity contribution in [2.24, 2.45) is 5.92 Å². The zero-order chi connectivity index (χ0) is 19.5. The molecule has 1 saturated heterocycles. The number of carbonyl (C=O) groups excluding carboxylic acids is 2. The summed E-state index contributed by atoms with van der Waals surface area (Å²) in [5.74, 6) is 0.313. The lowest BCUT2D eigenvalue weighted by molar-refractivity contribution is -0.144. The van der Waals surface area contributed by atoms with E-state index >= 15 is 0 Å². The van der Waals surface area contributed by atoms with E-state index in [2.05, 4.69) is 17.4 Å². The van der Waals surface area contributed by atoms with Crippen LogP contribution in [0.15, 0.2) is 24.3 Å². The molecule has 0 bridgehead atoms. The lowest BCUT2D eigenvalue weighted by Gasteiger charge is -2.38. The van der Waals surface area contributed by atoms with Gasteiger partial charge in [0.1, 0.15) is 6.10 Å². The van der Waals surface area contributed by atoms with Crippen molar-refractivity contribution in [2.75, 3.05) is 13.2 Å². The maximum absolute atomic E-state index is 12.8. The summed E-state index contributed by atoms with van der Waals surface area (Å²) in [5.41, 5.74) is 2.55. The van der Waals surface area contributed by atoms with Gasteiger partial charge in [-0.25, -0.2) is 0 Å². The maximum Gasteiger partial charge on any atom is 0.225 e. The molecule has 4 rings (SSSR count). The minimum absolute atomic E-state index is 0.0832. The van der Waals surface area contributed by atoms with E-state index in [0.717, 1.165) is 45.1 Å². The van der Waals surface area contributed by atoms with Crippen LogP contribution in [0.5, 0.6) is 0 Å². The van der Waals surface area contributed by atoms with Crippen LogP contribution in [0.25, 0.3) is 0 Å². The van der Waals surface area contributed by atoms with Gasteiger partial charge in [0.25, 0.3) is 0 Å². The van der Waals surface area contributed by atoms with Gasteiger partial charge in [0.15, 0.2) is 0 Å². The average Bonchev–Trinajstić information content (AvgIpc) is 2.67. The second-order valence-electron chi connectivity index (χ2n) is 8.34. The van der Waals surface area contributed by atoms with Gasteiger partial charge >= 0.3 is 0 Å². The summed E-state index contributed by atoms with van der Waals surface area (Å²) in [7, 11) is 0. The van der Waals surface area contributed by atoms with Gasteiger partial charge < -0.3 is 20.1 Å². The Morgan fingerprint density at radius 3 is 2.64 bits per heavy atom. The number of carbonyl (C=O) groups is 2. The van der Waals surface area contributed by atoms with Crippen LogP contribution in [-0.2, 0) is 27.3 Å². The lowest BCUT2D eigenvalue weighted by atomic mass is 9.84. The number of aliphatic hydroxyl groups excluding tert-OH is 1. The number of nitrogens with zero attached hydrogens (tertiary/aromatic N) is 1. The molecule has 2 aliphatic heterocycles. The molecule has 2 fully saturated rings. The lowest BCUT2D eigenvalue weighted by Crippen LogP contribution is -2.53. The van der Waals surface area contributed by atoms with Crippen molar-refractivity contribution in [2.45, 2.75) is 69.7 Å². The van der Waals surface area contributed by atoms with Gasteiger partial charge in [0, 0.05) is 19.0 Å². The Kier molecular flexibility index (Phi) is 5.97. The molecule has 0 radical (unpaired) electrons. The largest absolute Gasteiger partial charge is 0.394 e. The number of ether oxygens (including phenoxy) is 1. The molecule has 2 N–H and O–H groups in total. The monoisotopic (exact) mass is 386 g/mol. The Labute approximate surface area is 166 Å². The van der Waals surface area contributed by atoms with E-state index in [9.17, 15) is 14.7 Å². The predicted molar refractivity (Wildman–Crippen MR) is 104 cm³/mol. The first-order chi connectivity index (χ1) is 13.6. The van der Waals surface area contributed by atoms with E-state index in [1.807, 2.05) is 17.0 Å². The molecule has 3 atom stereocenters. The van der Waals surface area contributed by atoms with Crippen LogP contribution in [0.1, 0.15) is 49.7 Å². The van der Waals surface area contributed by atoms with Crippen molar-refractivity contribution in [1.82, 2.24) is 10.2 Å². The number of aliphatic hydroxyl groups is 1. The summed E-state index contributed by atoms with van der Waals surface area (Å²) in [6.07, 6.45) is 5.10. The zero-order valence-corrected chi connectivity index (χ0v) is 16.3. The smallest absolute Gasteiger partial charge is 0.225 e. The van der Waals surface area contributed by atoms with Crippen molar-refractivity contribution in [1.29, 1.82) is 0 Å². The van der Waals surface area contributed by atoms with Crippen LogP contribution in [0, 0.1) is 5.92 Å². The molecule has 1 aromatic carbocycles. The van der Waals surface area contributed by atoms with E-state index in [1.165, 1.54) is 11.1 Å². The minimum Gasteiger partial charge on any atom is -0.394 e. The molecule has 28 heavy (non-hydrogen) atoms. The summed E-state index contributed by atoms with van der Waals surface area (Å²) >= 11 is 0. The highest BCUT2D eigenvalue weighted by Crippen LogP contribution is 2.28. The number of amides is 2. The van der Waals surface area contributed by atoms with Crippen LogP contribution in [-0.4, -0.2) is 53.2 Å². The molecule has 2 heterocycles. The SMILES string of the molecule is O=C(N[C@@H]1CC[C@@H](CC(=O)N2CCc3ccccc3C2)O[C@H]1CO)C1CCC1. The molecule has 2 amide bonds. The van der Waals surface area contributed by atoms with Crippen molar-refractivity contribution in [3.8, 4) is 0 Å². The van der Waals surface area contributed by atoms with Gasteiger partial charge in [-0.2, -0.15) is 0 Å². The standard InChI is InChI=1S/C22H30N2O4/c25-14-20-19(23-22(27)16-6-3-7-16)9-8-18(28-20)12-21(26)24-11-10-15-4-1-2-5-17(15)13-24/h1-2,4-5,16,18-20,25H,3,6-14H2,(H,23,27)/t18-,19+,20-/m0/s1. The Balaban J connectivity index is 1.28. The first-order valence-electron chi connectivity index (χ1n) is 10.6. The quantitative estimate of drug-likeness (QED) is 0.809. The van der Waals surface area contributed by atoms with E-state index in [0.29, 0.717) is 13.0 Å². The molecule has 1 saturated carbocycles. The number of hydrogen-bond donors (Lipinski definition) is 2. The number of benzene rings is 1. The van der Waals surface area contributed by atoms with Gasteiger partial charge in [0.2, 0.25) is 11.8 Å². The van der Waals surface area contributed by atoms with Crippen LogP contribution < -0.4 is 5.32 Å². The summed E-state index contributed by atoms with van der Waals surface area (Å²) in [4.78, 5) is 26.9. The van der Waals surface area contributed by atoms with Gasteiger partial charge in [-0.1, -0.05) is 30.7 Å². The third-order valence-electron chi connectivity index (χ3n) is 6.48. The highest BCUT2D eigenvalue weighted by molar-refractivity contribution is 5.79. The van der Waals surface area contributed by atoms with E-state index in [1.54, 1.807) is 0 Å². The van der Waals surface area contributed by atoms with E-state index in [-0.39, 0.29) is 36.5 Å². The summed E-state index contributed by atoms with van der Waals surface area (Å²) in [6.45, 7) is 1.26. The summed E-state index contributed by atoms with van der Waals surface area (Å²) in [5, 5.41) is 12.8. The highest BCUT2D eigenvalue weighted by atomic mass is 16.5. The predicted octanol–water partition coefficient (Wildman–Crippen LogP) is 1.79. The fourth-order valence-electron chi connectivity index (χ4n) is 4.45. The Morgan fingerprint density at radius 2 is 1.93 bits per heavy atom. The zero-order valence-electron chi connectivity index (χ0n) is 16.3. The molecule has 0 aromatic heterocycles. The second-order valence-corrected chi connectivity index (χ2v) is 8.34. The number of hydrogen-bond acceptors (Lipinski definition) is 4. The third-order valence-corrected chi connectivity index (χ3v) is 6.48. The van der Waals surface area contributed by atoms with Gasteiger partial charge in [-0.3, -0.25) is 9.59 Å². The van der Waals surface area contributed by atoms with Gasteiger partial charge in [-0.15, -0.1) is 0 Å². The minimum atomic E-state index is -0.433. The summed E-state index contributed by atoms with van der Waals surface area (Å²) in [6, 6.07) is 8.11. The second kappa shape index (κ2) is 8.62. The molecule has 152 valence electrons. The Hall–Kier alpha value is -1.92. The molecular weight excluding hydrogens is 356 g/mol. The van der Waals surface area contributed by atoms with Crippen LogP contribution >= 0.6 is 0 Å². The topological polar surface area (TPSA) is 78.9 Å². The first-order valence-corrected chi connectivity index (χ1v) is 10.6. The van der Waals surface area contributed by atoms with Crippen molar-refractivity contribution >= 4 is 11.8 Å². The van der Waals surface area contributed by atoms with Gasteiger partial charge in [-0.05, 0) is 43.2 Å². The van der Waals surface area contributed by atoms with E-state index < -0.39 is 6.10 Å². The maximum atomic E-state index is 12.8. The first kappa shape index (κ1) is 19.4. The van der Waals surface area contributed by atoms with Crippen LogP contribution in [0.2, 0.25) is 0 Å². The molecule has 0 spiro atoms. The highest BCUT2D eigenvalue weighted by Gasteiger charge is 2.35. The van der Waals surface area contributed by atoms with Crippen LogP contribution in [0.3, 0.4) is 0 Å². The van der Waals surface area contributed by atoms with Crippen molar-refractivity contribution < 1.29 is 19.4 Å². The molecule has 3 aliphatic rings. The van der Waals surface area contributed by atoms with E-state index in [4.69, 9.17) is 4.74 Å². The van der Waals surface area contributed by atoms with Crippen molar-refractivity contribution in [3.05, 3.63) is 35.4 Å². The number of rotatable bonds is 5. The third kappa shape index (κ3) is 4.23. The number of nitrogens with one attached hydrogen (secondary N) is 1. The van der Waals surface area contributed by atoms with Crippen LogP contribution in [0.4, 0.5) is 0 Å². The molecule has 1 aromatic rings. The fraction of sp³-hybridized carbons (Fsp3) is 0.636.